The molecule has 0 fully saturated rings. The molecule has 0 atom stereocenters. The Balaban J connectivity index is 0.00000169. The zero-order valence-electron chi connectivity index (χ0n) is 7.30. The van der Waals surface area contributed by atoms with E-state index in [2.05, 4.69) is 0 Å². The van der Waals surface area contributed by atoms with E-state index in [0.717, 1.165) is 18.2 Å². The van der Waals surface area contributed by atoms with Crippen LogP contribution in [0, 0.1) is 0 Å². The van der Waals surface area contributed by atoms with Crippen LogP contribution in [-0.2, 0) is 6.18 Å². The average molecular weight is 213 g/mol. The summed E-state index contributed by atoms with van der Waals surface area (Å²) in [7, 11) is 0. The summed E-state index contributed by atoms with van der Waals surface area (Å²) in [5.41, 5.74) is -1.32. The fraction of sp³-hybridized carbons (Fsp3) is 0.125. The molecule has 0 aliphatic rings. The Hall–Kier alpha value is -0.520. The molecule has 0 saturated heterocycles. The van der Waals surface area contributed by atoms with Crippen molar-refractivity contribution in [3.63, 3.8) is 0 Å². The molecule has 0 bridgehead atoms. The molecule has 1 N–H and O–H groups in total. The summed E-state index contributed by atoms with van der Waals surface area (Å²) in [6.45, 7) is 0. The van der Waals surface area contributed by atoms with E-state index in [0.29, 0.717) is 6.07 Å². The van der Waals surface area contributed by atoms with Crippen LogP contribution in [-0.4, -0.2) is 40.6 Å². The zero-order valence-corrected chi connectivity index (χ0v) is 9.30. The van der Waals surface area contributed by atoms with E-state index < -0.39 is 17.7 Å². The van der Waals surface area contributed by atoms with Crippen molar-refractivity contribution in [2.24, 2.45) is 0 Å². The number of hydrogen-bond acceptors (Lipinski definition) is 1. The smallest absolute Gasteiger partial charge is 0.416 e. The molecule has 0 spiro atoms. The Morgan fingerprint density at radius 2 is 1.86 bits per heavy atom. The Labute approximate surface area is 100 Å². The van der Waals surface area contributed by atoms with Gasteiger partial charge in [0.2, 0.25) is 0 Å². The number of aromatic carboxylic acids is 1. The van der Waals surface area contributed by atoms with Gasteiger partial charge in [-0.05, 0) is 18.2 Å². The molecule has 6 heteroatoms. The number of hydrogen-bond donors (Lipinski definition) is 1. The summed E-state index contributed by atoms with van der Waals surface area (Å²) in [5.74, 6) is -1.37. The maximum absolute atomic E-state index is 12.0. The second-order valence-corrected chi connectivity index (χ2v) is 2.38. The first-order valence-electron chi connectivity index (χ1n) is 3.32. The van der Waals surface area contributed by atoms with Gasteiger partial charge in [-0.3, -0.25) is 0 Å². The predicted octanol–water partition coefficient (Wildman–Crippen LogP) is 2.02. The second kappa shape index (κ2) is 4.82. The van der Waals surface area contributed by atoms with Crippen LogP contribution in [0.25, 0.3) is 0 Å². The summed E-state index contributed by atoms with van der Waals surface area (Å²) in [5, 5.41) is 8.41. The molecule has 1 radical (unpaired) electrons. The van der Waals surface area contributed by atoms with Crippen molar-refractivity contribution < 1.29 is 23.1 Å². The fourth-order valence-corrected chi connectivity index (χ4v) is 0.829. The van der Waals surface area contributed by atoms with Crippen molar-refractivity contribution >= 4 is 35.5 Å². The largest absolute Gasteiger partial charge is 0.478 e. The molecule has 0 saturated carbocycles. The number of halogens is 3. The summed E-state index contributed by atoms with van der Waals surface area (Å²) in [6, 6.07) is 3.60. The number of rotatable bonds is 1. The number of carbonyl (C=O) groups is 1. The molecule has 14 heavy (non-hydrogen) atoms. The molecule has 0 heterocycles. The molecule has 0 aliphatic carbocycles. The SMILES string of the molecule is O=C(O)c1cccc(C(F)(F)F)c1.[Na]. The average Bonchev–Trinajstić information content (AvgIpc) is 2.03. The number of carboxylic acid groups (broad SMARTS) is 1. The van der Waals surface area contributed by atoms with Gasteiger partial charge in [0.05, 0.1) is 11.1 Å². The molecular formula is C8H5F3NaO2. The number of benzene rings is 1. The zero-order chi connectivity index (χ0) is 10.1. The summed E-state index contributed by atoms with van der Waals surface area (Å²) in [6.07, 6.45) is -4.49. The monoisotopic (exact) mass is 213 g/mol. The number of carboxylic acids is 1. The standard InChI is InChI=1S/C8H5F3O2.Na/c9-8(10,11)6-3-1-2-5(4-6)7(12)13;/h1-4H,(H,12,13);. The van der Waals surface area contributed by atoms with Gasteiger partial charge in [0, 0.05) is 29.6 Å². The van der Waals surface area contributed by atoms with E-state index >= 15 is 0 Å². The molecule has 0 amide bonds. The van der Waals surface area contributed by atoms with Gasteiger partial charge in [-0.25, -0.2) is 4.79 Å². The molecular weight excluding hydrogens is 208 g/mol. The van der Waals surface area contributed by atoms with Crippen molar-refractivity contribution in [1.82, 2.24) is 0 Å². The van der Waals surface area contributed by atoms with Crippen LogP contribution in [0.3, 0.4) is 0 Å². The number of alkyl halides is 3. The fourth-order valence-electron chi connectivity index (χ4n) is 0.829. The van der Waals surface area contributed by atoms with E-state index in [1.165, 1.54) is 0 Å². The molecule has 1 aromatic carbocycles. The van der Waals surface area contributed by atoms with Gasteiger partial charge in [0.15, 0.2) is 0 Å². The molecule has 1 rings (SSSR count). The first-order chi connectivity index (χ1) is 5.91. The van der Waals surface area contributed by atoms with Crippen LogP contribution in [0.1, 0.15) is 15.9 Å². The van der Waals surface area contributed by atoms with Crippen LogP contribution < -0.4 is 0 Å². The normalized spacial score (nSPS) is 10.5. The summed E-state index contributed by atoms with van der Waals surface area (Å²) < 4.78 is 36.1. The Bertz CT molecular complexity index is 336. The van der Waals surface area contributed by atoms with Crippen LogP contribution in [0.5, 0.6) is 0 Å². The summed E-state index contributed by atoms with van der Waals surface area (Å²) in [4.78, 5) is 10.3. The van der Waals surface area contributed by atoms with Crippen LogP contribution in [0.2, 0.25) is 0 Å². The van der Waals surface area contributed by atoms with Gasteiger partial charge in [0.1, 0.15) is 0 Å². The van der Waals surface area contributed by atoms with Gasteiger partial charge >= 0.3 is 12.1 Å². The van der Waals surface area contributed by atoms with Crippen molar-refractivity contribution in [3.8, 4) is 0 Å². The molecule has 1 aromatic rings. The first-order valence-corrected chi connectivity index (χ1v) is 3.32. The van der Waals surface area contributed by atoms with Gasteiger partial charge in [-0.15, -0.1) is 0 Å². The quantitative estimate of drug-likeness (QED) is 0.724. The molecule has 0 unspecified atom stereocenters. The summed E-state index contributed by atoms with van der Waals surface area (Å²) >= 11 is 0. The predicted molar refractivity (Wildman–Crippen MR) is 44.2 cm³/mol. The van der Waals surface area contributed by atoms with Gasteiger partial charge in [0.25, 0.3) is 0 Å². The molecule has 2 nitrogen and oxygen atoms in total. The second-order valence-electron chi connectivity index (χ2n) is 2.38. The first kappa shape index (κ1) is 13.5. The van der Waals surface area contributed by atoms with Crippen molar-refractivity contribution in [2.75, 3.05) is 0 Å². The third-order valence-corrected chi connectivity index (χ3v) is 1.44. The minimum atomic E-state index is -4.49. The van der Waals surface area contributed by atoms with Crippen LogP contribution >= 0.6 is 0 Å². The third-order valence-electron chi connectivity index (χ3n) is 1.44. The molecule has 0 aliphatic heterocycles. The van der Waals surface area contributed by atoms with Crippen LogP contribution in [0.15, 0.2) is 24.3 Å². The maximum Gasteiger partial charge on any atom is 0.416 e. The van der Waals surface area contributed by atoms with E-state index in [1.54, 1.807) is 0 Å². The Morgan fingerprint density at radius 3 is 2.29 bits per heavy atom. The minimum Gasteiger partial charge on any atom is -0.478 e. The van der Waals surface area contributed by atoms with E-state index in [1.807, 2.05) is 0 Å². The van der Waals surface area contributed by atoms with Crippen molar-refractivity contribution in [3.05, 3.63) is 35.4 Å². The van der Waals surface area contributed by atoms with E-state index in [-0.39, 0.29) is 35.1 Å². The Kier molecular flexibility index (Phi) is 4.64. The molecule has 71 valence electrons. The van der Waals surface area contributed by atoms with Crippen molar-refractivity contribution in [1.29, 1.82) is 0 Å². The van der Waals surface area contributed by atoms with E-state index in [9.17, 15) is 18.0 Å². The van der Waals surface area contributed by atoms with E-state index in [4.69, 9.17) is 5.11 Å². The van der Waals surface area contributed by atoms with Gasteiger partial charge in [-0.1, -0.05) is 6.07 Å². The third kappa shape index (κ3) is 3.32. The topological polar surface area (TPSA) is 37.3 Å². The maximum atomic E-state index is 12.0. The Morgan fingerprint density at radius 1 is 1.29 bits per heavy atom. The molecule has 0 aromatic heterocycles. The van der Waals surface area contributed by atoms with Gasteiger partial charge in [-0.2, -0.15) is 13.2 Å². The minimum absolute atomic E-state index is 0. The van der Waals surface area contributed by atoms with Crippen molar-refractivity contribution in [2.45, 2.75) is 6.18 Å². The van der Waals surface area contributed by atoms with Crippen LogP contribution in [0.4, 0.5) is 13.2 Å². The van der Waals surface area contributed by atoms with Gasteiger partial charge < -0.3 is 5.11 Å².